The molecule has 166 valence electrons. The Morgan fingerprint density at radius 3 is 2.60 bits per heavy atom. The highest BCUT2D eigenvalue weighted by molar-refractivity contribution is 5.38. The molecule has 0 heterocycles. The summed E-state index contributed by atoms with van der Waals surface area (Å²) in [4.78, 5) is 0. The lowest BCUT2D eigenvalue weighted by molar-refractivity contribution is 0.0862. The Bertz CT molecular complexity index is 743. The summed E-state index contributed by atoms with van der Waals surface area (Å²) in [6, 6.07) is 0. The van der Waals surface area contributed by atoms with Crippen LogP contribution in [0.1, 0.15) is 71.6 Å². The summed E-state index contributed by atoms with van der Waals surface area (Å²) >= 11 is 0. The monoisotopic (exact) mass is 412 g/mol. The molecule has 0 aromatic heterocycles. The molecule has 0 aliphatic heterocycles. The maximum absolute atomic E-state index is 10.2. The van der Waals surface area contributed by atoms with Crippen molar-refractivity contribution in [3.05, 3.63) is 47.6 Å². The Kier molecular flexibility index (Phi) is 6.44. The molecule has 4 aliphatic carbocycles. The van der Waals surface area contributed by atoms with Gasteiger partial charge in [-0.15, -0.1) is 0 Å². The SMILES string of the molecule is C=C1/C(=C\C=C2/CCCC3(C)[C@@H]2CC[C@H]3[C@@H](C)/C=C/[C@H](O)C2CC2)C[C@H](O)C[C@H]1O. The summed E-state index contributed by atoms with van der Waals surface area (Å²) in [6.07, 6.45) is 16.9. The predicted molar refractivity (Wildman–Crippen MR) is 122 cm³/mol. The zero-order chi connectivity index (χ0) is 21.5. The average molecular weight is 413 g/mol. The maximum atomic E-state index is 10.2. The lowest BCUT2D eigenvalue weighted by Crippen LogP contribution is -2.35. The molecule has 4 rings (SSSR count). The third kappa shape index (κ3) is 4.40. The van der Waals surface area contributed by atoms with Gasteiger partial charge in [0.1, 0.15) is 0 Å². The van der Waals surface area contributed by atoms with Crippen molar-refractivity contribution in [2.75, 3.05) is 0 Å². The molecule has 1 unspecified atom stereocenters. The van der Waals surface area contributed by atoms with Gasteiger partial charge in [0, 0.05) is 6.42 Å². The first kappa shape index (κ1) is 22.0. The molecule has 0 spiro atoms. The molecule has 3 N–H and O–H groups in total. The van der Waals surface area contributed by atoms with E-state index >= 15 is 0 Å². The number of hydrogen-bond acceptors (Lipinski definition) is 3. The van der Waals surface area contributed by atoms with Crippen molar-refractivity contribution in [2.24, 2.45) is 29.1 Å². The largest absolute Gasteiger partial charge is 0.393 e. The molecule has 0 radical (unpaired) electrons. The minimum atomic E-state index is -0.621. The van der Waals surface area contributed by atoms with E-state index in [2.05, 4.69) is 44.7 Å². The van der Waals surface area contributed by atoms with Gasteiger partial charge >= 0.3 is 0 Å². The highest BCUT2D eigenvalue weighted by Gasteiger charge is 2.50. The van der Waals surface area contributed by atoms with E-state index < -0.39 is 12.2 Å². The van der Waals surface area contributed by atoms with Crippen LogP contribution in [0.3, 0.4) is 0 Å². The normalized spacial score (nSPS) is 42.1. The lowest BCUT2D eigenvalue weighted by atomic mass is 9.61. The van der Waals surface area contributed by atoms with Crippen molar-refractivity contribution in [2.45, 2.75) is 89.9 Å². The smallest absolute Gasteiger partial charge is 0.0811 e. The molecule has 7 atom stereocenters. The zero-order valence-electron chi connectivity index (χ0n) is 18.8. The van der Waals surface area contributed by atoms with E-state index in [4.69, 9.17) is 0 Å². The molecule has 0 amide bonds. The van der Waals surface area contributed by atoms with E-state index in [0.29, 0.717) is 41.9 Å². The van der Waals surface area contributed by atoms with Gasteiger partial charge in [-0.1, -0.05) is 50.3 Å². The van der Waals surface area contributed by atoms with E-state index in [0.717, 1.165) is 17.6 Å². The summed E-state index contributed by atoms with van der Waals surface area (Å²) in [6.45, 7) is 8.88. The summed E-state index contributed by atoms with van der Waals surface area (Å²) in [5.41, 5.74) is 3.63. The summed E-state index contributed by atoms with van der Waals surface area (Å²) in [5, 5.41) is 30.4. The van der Waals surface area contributed by atoms with E-state index in [1.54, 1.807) is 0 Å². The van der Waals surface area contributed by atoms with Crippen LogP contribution in [-0.2, 0) is 0 Å². The average Bonchev–Trinajstić information content (AvgIpc) is 3.49. The number of fused-ring (bicyclic) bond motifs is 1. The minimum Gasteiger partial charge on any atom is -0.393 e. The molecule has 30 heavy (non-hydrogen) atoms. The van der Waals surface area contributed by atoms with Crippen molar-refractivity contribution in [1.82, 2.24) is 0 Å². The first-order chi connectivity index (χ1) is 14.3. The molecule has 4 saturated carbocycles. The molecular formula is C27H40O3. The number of hydrogen-bond donors (Lipinski definition) is 3. The van der Waals surface area contributed by atoms with Crippen LogP contribution in [0.4, 0.5) is 0 Å². The highest BCUT2D eigenvalue weighted by atomic mass is 16.3. The van der Waals surface area contributed by atoms with E-state index in [-0.39, 0.29) is 6.10 Å². The number of rotatable bonds is 5. The van der Waals surface area contributed by atoms with Crippen LogP contribution in [0.2, 0.25) is 0 Å². The van der Waals surface area contributed by atoms with Crippen molar-refractivity contribution in [1.29, 1.82) is 0 Å². The predicted octanol–water partition coefficient (Wildman–Crippen LogP) is 5.09. The van der Waals surface area contributed by atoms with Gasteiger partial charge in [0.25, 0.3) is 0 Å². The second kappa shape index (κ2) is 8.76. The van der Waals surface area contributed by atoms with Gasteiger partial charge in [-0.25, -0.2) is 0 Å². The van der Waals surface area contributed by atoms with Crippen LogP contribution in [-0.4, -0.2) is 33.6 Å². The molecular weight excluding hydrogens is 372 g/mol. The second-order valence-corrected chi connectivity index (χ2v) is 10.7. The quantitative estimate of drug-likeness (QED) is 0.551. The Hall–Kier alpha value is -1.16. The maximum Gasteiger partial charge on any atom is 0.0811 e. The van der Waals surface area contributed by atoms with Gasteiger partial charge in [0.15, 0.2) is 0 Å². The van der Waals surface area contributed by atoms with E-state index in [1.165, 1.54) is 44.1 Å². The molecule has 4 aliphatic rings. The Balaban J connectivity index is 1.48. The molecule has 0 aromatic carbocycles. The van der Waals surface area contributed by atoms with Gasteiger partial charge in [0.2, 0.25) is 0 Å². The number of allylic oxidation sites excluding steroid dienone is 4. The minimum absolute atomic E-state index is 0.250. The standard InChI is InChI=1S/C27H40O3/c1-17(6-13-25(29)20-8-9-20)23-11-12-24-19(5-4-14-27(23,24)3)7-10-21-15-22(28)16-26(30)18(21)2/h6-7,10,13,17,20,22-26,28-30H,2,4-5,8-9,11-12,14-16H2,1,3H3/b13-6+,19-7+,21-10-/t17-,22-,23-,24+,25-,26+,27?/m0/s1. The summed E-state index contributed by atoms with van der Waals surface area (Å²) < 4.78 is 0. The van der Waals surface area contributed by atoms with Crippen molar-refractivity contribution in [3.63, 3.8) is 0 Å². The first-order valence-corrected chi connectivity index (χ1v) is 12.1. The fraction of sp³-hybridized carbons (Fsp3) is 0.704. The Morgan fingerprint density at radius 1 is 1.10 bits per heavy atom. The van der Waals surface area contributed by atoms with Crippen LogP contribution in [0, 0.1) is 29.1 Å². The molecule has 4 fully saturated rings. The number of aliphatic hydroxyl groups excluding tert-OH is 3. The number of aliphatic hydroxyl groups is 3. The molecule has 3 heteroatoms. The van der Waals surface area contributed by atoms with Gasteiger partial charge < -0.3 is 15.3 Å². The molecule has 0 aromatic rings. The van der Waals surface area contributed by atoms with Crippen LogP contribution in [0.25, 0.3) is 0 Å². The first-order valence-electron chi connectivity index (χ1n) is 12.1. The van der Waals surface area contributed by atoms with Crippen LogP contribution < -0.4 is 0 Å². The fourth-order valence-corrected chi connectivity index (χ4v) is 6.63. The van der Waals surface area contributed by atoms with Crippen molar-refractivity contribution in [3.8, 4) is 0 Å². The lowest BCUT2D eigenvalue weighted by Gasteiger charge is -2.44. The third-order valence-electron chi connectivity index (χ3n) is 8.65. The van der Waals surface area contributed by atoms with Crippen molar-refractivity contribution >= 4 is 0 Å². The summed E-state index contributed by atoms with van der Waals surface area (Å²) in [5.74, 6) is 2.28. The topological polar surface area (TPSA) is 60.7 Å². The van der Waals surface area contributed by atoms with Gasteiger partial charge in [-0.2, -0.15) is 0 Å². The van der Waals surface area contributed by atoms with Crippen LogP contribution in [0.5, 0.6) is 0 Å². The van der Waals surface area contributed by atoms with E-state index in [1.807, 2.05) is 0 Å². The summed E-state index contributed by atoms with van der Waals surface area (Å²) in [7, 11) is 0. The highest BCUT2D eigenvalue weighted by Crippen LogP contribution is 2.59. The molecule has 3 nitrogen and oxygen atoms in total. The molecule has 0 saturated heterocycles. The van der Waals surface area contributed by atoms with Gasteiger partial charge in [-0.3, -0.25) is 0 Å². The Labute approximate surface area is 182 Å². The Morgan fingerprint density at radius 2 is 1.87 bits per heavy atom. The third-order valence-corrected chi connectivity index (χ3v) is 8.65. The van der Waals surface area contributed by atoms with Gasteiger partial charge in [0.05, 0.1) is 18.3 Å². The second-order valence-electron chi connectivity index (χ2n) is 10.7. The van der Waals surface area contributed by atoms with Crippen LogP contribution >= 0.6 is 0 Å². The fourth-order valence-electron chi connectivity index (χ4n) is 6.63. The van der Waals surface area contributed by atoms with Gasteiger partial charge in [-0.05, 0) is 91.6 Å². The molecule has 0 bridgehead atoms. The zero-order valence-corrected chi connectivity index (χ0v) is 18.8. The van der Waals surface area contributed by atoms with Crippen molar-refractivity contribution < 1.29 is 15.3 Å². The van der Waals surface area contributed by atoms with E-state index in [9.17, 15) is 15.3 Å². The van der Waals surface area contributed by atoms with Crippen LogP contribution in [0.15, 0.2) is 47.6 Å².